The van der Waals surface area contributed by atoms with Gasteiger partial charge in [-0.2, -0.15) is 5.10 Å². The third-order valence-corrected chi connectivity index (χ3v) is 5.12. The van der Waals surface area contributed by atoms with E-state index in [-0.39, 0.29) is 5.91 Å². The quantitative estimate of drug-likeness (QED) is 0.514. The summed E-state index contributed by atoms with van der Waals surface area (Å²) in [5, 5.41) is 10.9. The number of nitrogens with zero attached hydrogens (tertiary/aromatic N) is 2. The molecule has 2 heterocycles. The smallest absolute Gasteiger partial charge is 0.256 e. The van der Waals surface area contributed by atoms with Crippen LogP contribution in [0.15, 0.2) is 78.1 Å². The van der Waals surface area contributed by atoms with Crippen molar-refractivity contribution in [3.63, 3.8) is 0 Å². The summed E-state index contributed by atoms with van der Waals surface area (Å²) in [4.78, 5) is 17.7. The van der Waals surface area contributed by atoms with Crippen molar-refractivity contribution < 1.29 is 4.79 Å². The first-order valence-corrected chi connectivity index (χ1v) is 9.13. The van der Waals surface area contributed by atoms with Crippen LogP contribution in [-0.2, 0) is 5.75 Å². The number of benzene rings is 2. The molecule has 0 spiro atoms. The molecule has 1 amide bonds. The highest BCUT2D eigenvalue weighted by Gasteiger charge is 2.12. The van der Waals surface area contributed by atoms with Crippen molar-refractivity contribution in [3.8, 4) is 0 Å². The van der Waals surface area contributed by atoms with Crippen LogP contribution < -0.4 is 5.32 Å². The average Bonchev–Trinajstić information content (AvgIpc) is 3.15. The lowest BCUT2D eigenvalue weighted by Gasteiger charge is -2.10. The molecule has 2 aromatic carbocycles. The Morgan fingerprint density at radius 2 is 1.92 bits per heavy atom. The number of hydrogen-bond acceptors (Lipinski definition) is 4. The van der Waals surface area contributed by atoms with E-state index in [0.717, 1.165) is 27.2 Å². The second-order valence-electron chi connectivity index (χ2n) is 5.77. The number of H-pyrrole nitrogens is 1. The van der Waals surface area contributed by atoms with E-state index in [1.807, 2.05) is 54.6 Å². The highest BCUT2D eigenvalue weighted by atomic mass is 32.2. The minimum absolute atomic E-state index is 0.123. The number of rotatable bonds is 5. The number of carbonyl (C=O) groups is 1. The molecule has 2 aromatic heterocycles. The summed E-state index contributed by atoms with van der Waals surface area (Å²) in [7, 11) is 0. The summed E-state index contributed by atoms with van der Waals surface area (Å²) in [6, 6.07) is 17.3. The van der Waals surface area contributed by atoms with Crippen LogP contribution in [0.3, 0.4) is 0 Å². The fourth-order valence-corrected chi connectivity index (χ4v) is 3.64. The van der Waals surface area contributed by atoms with Crippen LogP contribution in [0.2, 0.25) is 0 Å². The van der Waals surface area contributed by atoms with Crippen LogP contribution in [-0.4, -0.2) is 21.1 Å². The van der Waals surface area contributed by atoms with Gasteiger partial charge in [-0.15, -0.1) is 11.8 Å². The minimum Gasteiger partial charge on any atom is -0.322 e. The maximum Gasteiger partial charge on any atom is 0.256 e. The lowest BCUT2D eigenvalue weighted by Crippen LogP contribution is -2.12. The molecule has 4 aromatic rings. The van der Waals surface area contributed by atoms with Gasteiger partial charge in [-0.05, 0) is 48.0 Å². The number of fused-ring (bicyclic) bond motifs is 1. The van der Waals surface area contributed by atoms with Crippen molar-refractivity contribution in [1.82, 2.24) is 15.2 Å². The van der Waals surface area contributed by atoms with Crippen molar-refractivity contribution in [2.75, 3.05) is 5.32 Å². The molecule has 128 valence electrons. The Morgan fingerprint density at radius 1 is 1.08 bits per heavy atom. The van der Waals surface area contributed by atoms with Gasteiger partial charge in [0.05, 0.1) is 17.3 Å². The van der Waals surface area contributed by atoms with Crippen molar-refractivity contribution in [1.29, 1.82) is 0 Å². The maximum atomic E-state index is 12.8. The predicted molar refractivity (Wildman–Crippen MR) is 104 cm³/mol. The molecule has 0 saturated heterocycles. The zero-order valence-electron chi connectivity index (χ0n) is 13.8. The molecule has 0 aliphatic heterocycles. The monoisotopic (exact) mass is 360 g/mol. The molecule has 0 unspecified atom stereocenters. The number of aromatic nitrogens is 3. The van der Waals surface area contributed by atoms with Crippen LogP contribution in [0, 0.1) is 0 Å². The van der Waals surface area contributed by atoms with E-state index >= 15 is 0 Å². The van der Waals surface area contributed by atoms with Gasteiger partial charge in [-0.1, -0.05) is 12.1 Å². The van der Waals surface area contributed by atoms with Crippen LogP contribution >= 0.6 is 11.8 Å². The Morgan fingerprint density at radius 3 is 2.81 bits per heavy atom. The van der Waals surface area contributed by atoms with E-state index in [2.05, 4.69) is 20.5 Å². The van der Waals surface area contributed by atoms with Gasteiger partial charge in [0.1, 0.15) is 0 Å². The standard InChI is InChI=1S/C20H16N4OS/c25-20(23-16-6-5-15-12-22-24-18(15)11-16)17-3-1-2-4-19(17)26-13-14-7-9-21-10-8-14/h1-12H,13H2,(H,22,24)(H,23,25). The molecule has 0 saturated carbocycles. The molecule has 0 bridgehead atoms. The van der Waals surface area contributed by atoms with Gasteiger partial charge in [-0.3, -0.25) is 14.9 Å². The Bertz CT molecular complexity index is 1050. The first-order valence-electron chi connectivity index (χ1n) is 8.15. The van der Waals surface area contributed by atoms with Gasteiger partial charge in [0.15, 0.2) is 0 Å². The van der Waals surface area contributed by atoms with Gasteiger partial charge in [0, 0.05) is 34.1 Å². The second kappa shape index (κ2) is 7.41. The van der Waals surface area contributed by atoms with Gasteiger partial charge >= 0.3 is 0 Å². The molecular formula is C20H16N4OS. The van der Waals surface area contributed by atoms with Crippen LogP contribution in [0.25, 0.3) is 10.9 Å². The van der Waals surface area contributed by atoms with Crippen LogP contribution in [0.1, 0.15) is 15.9 Å². The van der Waals surface area contributed by atoms with E-state index in [9.17, 15) is 4.79 Å². The lowest BCUT2D eigenvalue weighted by molar-refractivity contribution is 0.102. The highest BCUT2D eigenvalue weighted by molar-refractivity contribution is 7.98. The first-order chi connectivity index (χ1) is 12.8. The van der Waals surface area contributed by atoms with E-state index < -0.39 is 0 Å². The van der Waals surface area contributed by atoms with Crippen LogP contribution in [0.4, 0.5) is 5.69 Å². The largest absolute Gasteiger partial charge is 0.322 e. The molecule has 0 aliphatic rings. The molecule has 5 nitrogen and oxygen atoms in total. The molecule has 0 atom stereocenters. The molecule has 0 radical (unpaired) electrons. The number of carbonyl (C=O) groups excluding carboxylic acids is 1. The second-order valence-corrected chi connectivity index (χ2v) is 6.78. The summed E-state index contributed by atoms with van der Waals surface area (Å²) in [6.07, 6.45) is 5.31. The zero-order valence-corrected chi connectivity index (χ0v) is 14.7. The van der Waals surface area contributed by atoms with E-state index in [4.69, 9.17) is 0 Å². The average molecular weight is 360 g/mol. The maximum absolute atomic E-state index is 12.8. The predicted octanol–water partition coefficient (Wildman–Crippen LogP) is 4.50. The summed E-state index contributed by atoms with van der Waals surface area (Å²) >= 11 is 1.64. The van der Waals surface area contributed by atoms with Gasteiger partial charge in [0.25, 0.3) is 5.91 Å². The number of nitrogens with one attached hydrogen (secondary N) is 2. The number of pyridine rings is 1. The number of hydrogen-bond donors (Lipinski definition) is 2. The first kappa shape index (κ1) is 16.4. The fraction of sp³-hybridized carbons (Fsp3) is 0.0500. The molecule has 0 aliphatic carbocycles. The number of amides is 1. The summed E-state index contributed by atoms with van der Waals surface area (Å²) in [6.45, 7) is 0. The van der Waals surface area contributed by atoms with E-state index in [0.29, 0.717) is 5.56 Å². The third-order valence-electron chi connectivity index (χ3n) is 3.98. The SMILES string of the molecule is O=C(Nc1ccc2cn[nH]c2c1)c1ccccc1SCc1ccncc1. The molecule has 6 heteroatoms. The fourth-order valence-electron chi connectivity index (χ4n) is 2.63. The summed E-state index contributed by atoms with van der Waals surface area (Å²) in [5.74, 6) is 0.661. The molecule has 26 heavy (non-hydrogen) atoms. The zero-order chi connectivity index (χ0) is 17.8. The normalized spacial score (nSPS) is 10.8. The Hall–Kier alpha value is -3.12. The number of anilines is 1. The molecule has 2 N–H and O–H groups in total. The molecule has 0 fully saturated rings. The van der Waals surface area contributed by atoms with Gasteiger partial charge in [0.2, 0.25) is 0 Å². The van der Waals surface area contributed by atoms with Gasteiger partial charge < -0.3 is 5.32 Å². The lowest BCUT2D eigenvalue weighted by atomic mass is 10.2. The highest BCUT2D eigenvalue weighted by Crippen LogP contribution is 2.27. The topological polar surface area (TPSA) is 70.7 Å². The summed E-state index contributed by atoms with van der Waals surface area (Å²) < 4.78 is 0. The third kappa shape index (κ3) is 3.60. The van der Waals surface area contributed by atoms with E-state index in [1.165, 1.54) is 5.56 Å². The van der Waals surface area contributed by atoms with Crippen molar-refractivity contribution in [2.24, 2.45) is 0 Å². The van der Waals surface area contributed by atoms with Crippen molar-refractivity contribution in [3.05, 3.63) is 84.3 Å². The van der Waals surface area contributed by atoms with Crippen LogP contribution in [0.5, 0.6) is 0 Å². The Kier molecular flexibility index (Phi) is 4.66. The molecular weight excluding hydrogens is 344 g/mol. The minimum atomic E-state index is -0.123. The van der Waals surface area contributed by atoms with Crippen molar-refractivity contribution in [2.45, 2.75) is 10.6 Å². The number of aromatic amines is 1. The Labute approximate surface area is 154 Å². The molecule has 4 rings (SSSR count). The Balaban J connectivity index is 1.52. The van der Waals surface area contributed by atoms with Crippen molar-refractivity contribution >= 4 is 34.3 Å². The van der Waals surface area contributed by atoms with Gasteiger partial charge in [-0.25, -0.2) is 0 Å². The summed E-state index contributed by atoms with van der Waals surface area (Å²) in [5.41, 5.74) is 3.46. The number of thioether (sulfide) groups is 1. The van der Waals surface area contributed by atoms with E-state index in [1.54, 1.807) is 30.4 Å².